The largest absolute Gasteiger partial charge is 0.391 e. The second-order valence-corrected chi connectivity index (χ2v) is 3.46. The van der Waals surface area contributed by atoms with Gasteiger partial charge in [0.1, 0.15) is 12.2 Å². The van der Waals surface area contributed by atoms with Crippen LogP contribution in [0, 0.1) is 0 Å². The van der Waals surface area contributed by atoms with Crippen LogP contribution in [0.3, 0.4) is 0 Å². The number of rotatable bonds is 2. The fourth-order valence-corrected chi connectivity index (χ4v) is 1.56. The van der Waals surface area contributed by atoms with E-state index in [0.29, 0.717) is 6.42 Å². The highest BCUT2D eigenvalue weighted by Gasteiger charge is 2.38. The molecule has 0 aromatic rings. The zero-order chi connectivity index (χ0) is 10.0. The van der Waals surface area contributed by atoms with Crippen molar-refractivity contribution in [2.24, 2.45) is 0 Å². The van der Waals surface area contributed by atoms with E-state index < -0.39 is 30.5 Å². The Morgan fingerprint density at radius 1 is 1.31 bits per heavy atom. The van der Waals surface area contributed by atoms with Crippen molar-refractivity contribution >= 4 is 0 Å². The van der Waals surface area contributed by atoms with Gasteiger partial charge in [-0.15, -0.1) is 0 Å². The summed E-state index contributed by atoms with van der Waals surface area (Å²) in [6, 6.07) is -0.552. The Hall–Kier alpha value is -0.200. The molecule has 1 aliphatic rings. The lowest BCUT2D eigenvalue weighted by atomic mass is 9.91. The topological polar surface area (TPSA) is 93.0 Å². The molecule has 0 spiro atoms. The minimum Gasteiger partial charge on any atom is -0.391 e. The van der Waals surface area contributed by atoms with Crippen LogP contribution in [0.5, 0.6) is 0 Å². The van der Waals surface area contributed by atoms with E-state index in [1.807, 2.05) is 0 Å². The van der Waals surface area contributed by atoms with Gasteiger partial charge in [-0.1, -0.05) is 6.92 Å². The molecule has 0 bridgehead atoms. The van der Waals surface area contributed by atoms with Crippen molar-refractivity contribution in [3.8, 4) is 0 Å². The third kappa shape index (κ3) is 2.18. The molecule has 0 radical (unpaired) electrons. The highest BCUT2D eigenvalue weighted by atomic mass is 16.4. The molecule has 1 heterocycles. The van der Waals surface area contributed by atoms with E-state index in [1.165, 1.54) is 0 Å². The van der Waals surface area contributed by atoms with Gasteiger partial charge in [0.25, 0.3) is 0 Å². The molecular weight excluding hydrogens is 174 g/mol. The molecule has 5 N–H and O–H groups in total. The van der Waals surface area contributed by atoms with Gasteiger partial charge in [0.05, 0.1) is 18.2 Å². The maximum Gasteiger partial charge on any atom is 0.109 e. The zero-order valence-electron chi connectivity index (χ0n) is 7.59. The lowest BCUT2D eigenvalue weighted by molar-refractivity contribution is -0.113. The van der Waals surface area contributed by atoms with Crippen molar-refractivity contribution in [1.29, 1.82) is 0 Å². The Kier molecular flexibility index (Phi) is 3.63. The van der Waals surface area contributed by atoms with Crippen LogP contribution in [0.15, 0.2) is 0 Å². The first kappa shape index (κ1) is 10.9. The molecule has 0 unspecified atom stereocenters. The fourth-order valence-electron chi connectivity index (χ4n) is 1.56. The Labute approximate surface area is 77.0 Å². The second kappa shape index (κ2) is 4.34. The van der Waals surface area contributed by atoms with Crippen molar-refractivity contribution in [2.45, 2.75) is 43.8 Å². The van der Waals surface area contributed by atoms with Crippen LogP contribution in [-0.4, -0.2) is 57.4 Å². The molecule has 0 aromatic heterocycles. The minimum absolute atomic E-state index is 0.194. The highest BCUT2D eigenvalue weighted by molar-refractivity contribution is 4.95. The van der Waals surface area contributed by atoms with Gasteiger partial charge in [-0.3, -0.25) is 0 Å². The molecule has 78 valence electrons. The van der Waals surface area contributed by atoms with Crippen molar-refractivity contribution < 1.29 is 20.4 Å². The molecule has 0 aliphatic carbocycles. The molecule has 0 saturated carbocycles. The number of piperidine rings is 1. The maximum absolute atomic E-state index is 9.48. The summed E-state index contributed by atoms with van der Waals surface area (Å²) >= 11 is 0. The quantitative estimate of drug-likeness (QED) is 0.342. The average molecular weight is 191 g/mol. The SMILES string of the molecule is CC[C@H](O)[C@H]1NC[C@H](O)[C@@H](O)[C@@H]1O. The number of β-amino-alcohol motifs (C(OH)–C–C–N with tert-alkyl or cyclic N) is 1. The molecule has 0 aromatic carbocycles. The smallest absolute Gasteiger partial charge is 0.109 e. The van der Waals surface area contributed by atoms with Crippen molar-refractivity contribution in [3.63, 3.8) is 0 Å². The fraction of sp³-hybridized carbons (Fsp3) is 1.00. The molecule has 5 nitrogen and oxygen atoms in total. The van der Waals surface area contributed by atoms with Gasteiger partial charge in [-0.25, -0.2) is 0 Å². The number of aliphatic hydroxyl groups excluding tert-OH is 4. The molecule has 0 amide bonds. The number of aliphatic hydroxyl groups is 4. The van der Waals surface area contributed by atoms with E-state index in [1.54, 1.807) is 6.92 Å². The van der Waals surface area contributed by atoms with Crippen LogP contribution in [0.4, 0.5) is 0 Å². The summed E-state index contributed by atoms with van der Waals surface area (Å²) in [5.41, 5.74) is 0. The molecular formula is C8H17NO4. The molecule has 1 aliphatic heterocycles. The Balaban J connectivity index is 2.58. The first-order valence-corrected chi connectivity index (χ1v) is 4.53. The molecule has 1 saturated heterocycles. The number of hydrogen-bond donors (Lipinski definition) is 5. The average Bonchev–Trinajstić information content (AvgIpc) is 2.13. The first-order valence-electron chi connectivity index (χ1n) is 4.53. The molecule has 5 atom stereocenters. The Morgan fingerprint density at radius 2 is 1.92 bits per heavy atom. The minimum atomic E-state index is -1.17. The van der Waals surface area contributed by atoms with Gasteiger partial charge in [0.2, 0.25) is 0 Å². The third-order valence-electron chi connectivity index (χ3n) is 2.51. The van der Waals surface area contributed by atoms with Crippen LogP contribution in [0.1, 0.15) is 13.3 Å². The molecule has 5 heteroatoms. The monoisotopic (exact) mass is 191 g/mol. The van der Waals surface area contributed by atoms with E-state index in [-0.39, 0.29) is 6.54 Å². The lowest BCUT2D eigenvalue weighted by Crippen LogP contribution is -2.63. The standard InChI is InChI=1S/C8H17NO4/c1-2-4(10)6-8(13)7(12)5(11)3-9-6/h4-13H,2-3H2,1H3/t4-,5-,6+,7+,8+/m0/s1. The van der Waals surface area contributed by atoms with E-state index in [2.05, 4.69) is 5.32 Å². The summed E-state index contributed by atoms with van der Waals surface area (Å²) in [5, 5.41) is 40.2. The van der Waals surface area contributed by atoms with E-state index >= 15 is 0 Å². The van der Waals surface area contributed by atoms with Gasteiger partial charge in [0, 0.05) is 6.54 Å². The van der Waals surface area contributed by atoms with Crippen LogP contribution in [0.2, 0.25) is 0 Å². The Morgan fingerprint density at radius 3 is 2.46 bits per heavy atom. The van der Waals surface area contributed by atoms with Crippen molar-refractivity contribution in [2.75, 3.05) is 6.54 Å². The summed E-state index contributed by atoms with van der Waals surface area (Å²) in [4.78, 5) is 0. The van der Waals surface area contributed by atoms with Crippen LogP contribution < -0.4 is 5.32 Å². The van der Waals surface area contributed by atoms with Crippen LogP contribution in [-0.2, 0) is 0 Å². The summed E-state index contributed by atoms with van der Waals surface area (Å²) in [6.45, 7) is 1.98. The van der Waals surface area contributed by atoms with Gasteiger partial charge < -0.3 is 25.7 Å². The Bertz CT molecular complexity index is 166. The summed E-state index contributed by atoms with van der Waals surface area (Å²) in [7, 11) is 0. The summed E-state index contributed by atoms with van der Waals surface area (Å²) < 4.78 is 0. The van der Waals surface area contributed by atoms with Gasteiger partial charge in [-0.05, 0) is 6.42 Å². The van der Waals surface area contributed by atoms with Gasteiger partial charge in [-0.2, -0.15) is 0 Å². The van der Waals surface area contributed by atoms with Crippen molar-refractivity contribution in [1.82, 2.24) is 5.32 Å². The van der Waals surface area contributed by atoms with E-state index in [9.17, 15) is 15.3 Å². The van der Waals surface area contributed by atoms with Gasteiger partial charge in [0.15, 0.2) is 0 Å². The maximum atomic E-state index is 9.48. The second-order valence-electron chi connectivity index (χ2n) is 3.46. The zero-order valence-corrected chi connectivity index (χ0v) is 7.59. The normalized spacial score (nSPS) is 43.2. The molecule has 1 rings (SSSR count). The summed E-state index contributed by atoms with van der Waals surface area (Å²) in [5.74, 6) is 0. The summed E-state index contributed by atoms with van der Waals surface area (Å²) in [6.07, 6.45) is -3.45. The van der Waals surface area contributed by atoms with E-state index in [0.717, 1.165) is 0 Å². The number of hydrogen-bond acceptors (Lipinski definition) is 5. The predicted molar refractivity (Wildman–Crippen MR) is 46.1 cm³/mol. The molecule has 13 heavy (non-hydrogen) atoms. The third-order valence-corrected chi connectivity index (χ3v) is 2.51. The lowest BCUT2D eigenvalue weighted by Gasteiger charge is -2.38. The van der Waals surface area contributed by atoms with E-state index in [4.69, 9.17) is 5.11 Å². The predicted octanol–water partition coefficient (Wildman–Crippen LogP) is -2.19. The van der Waals surface area contributed by atoms with Crippen LogP contribution >= 0.6 is 0 Å². The highest BCUT2D eigenvalue weighted by Crippen LogP contribution is 2.14. The van der Waals surface area contributed by atoms with Crippen LogP contribution in [0.25, 0.3) is 0 Å². The van der Waals surface area contributed by atoms with Gasteiger partial charge >= 0.3 is 0 Å². The first-order chi connectivity index (χ1) is 6.07. The molecule has 1 fully saturated rings. The number of nitrogens with one attached hydrogen (secondary N) is 1. The van der Waals surface area contributed by atoms with Crippen molar-refractivity contribution in [3.05, 3.63) is 0 Å².